The third kappa shape index (κ3) is 5.38. The Morgan fingerprint density at radius 3 is 2.77 bits per heavy atom. The first-order chi connectivity index (χ1) is 19.4. The van der Waals surface area contributed by atoms with Gasteiger partial charge in [0.25, 0.3) is 0 Å². The summed E-state index contributed by atoms with van der Waals surface area (Å²) in [4.78, 5) is 8.78. The van der Waals surface area contributed by atoms with Gasteiger partial charge in [0.05, 0.1) is 41.4 Å². The van der Waals surface area contributed by atoms with Crippen molar-refractivity contribution < 1.29 is 5.76 Å². The fourth-order valence-electron chi connectivity index (χ4n) is 4.42. The Kier molecular flexibility index (Phi) is 6.45. The summed E-state index contributed by atoms with van der Waals surface area (Å²) in [6, 6.07) is 15.8. The van der Waals surface area contributed by atoms with Gasteiger partial charge < -0.3 is 10.6 Å². The average molecular weight is 540 g/mol. The Morgan fingerprint density at radius 1 is 1.18 bits per heavy atom. The SMILES string of the molecule is [2H][C@@](Nc1cc(Cl)c2ncc(C#N)c(NCCc3ccccn3)c2c1)(c1ccc(F)cc1)c1cn(C2CC2)nn1. The Bertz CT molecular complexity index is 1720. The van der Waals surface area contributed by atoms with Crippen molar-refractivity contribution in [1.82, 2.24) is 25.0 Å². The van der Waals surface area contributed by atoms with Crippen molar-refractivity contribution >= 4 is 33.9 Å². The van der Waals surface area contributed by atoms with E-state index in [1.165, 1.54) is 18.3 Å². The van der Waals surface area contributed by atoms with Crippen LogP contribution in [0.5, 0.6) is 0 Å². The summed E-state index contributed by atoms with van der Waals surface area (Å²) >= 11 is 6.69. The molecule has 1 saturated carbocycles. The Hall–Kier alpha value is -4.55. The Balaban J connectivity index is 1.39. The van der Waals surface area contributed by atoms with E-state index < -0.39 is 11.8 Å². The first kappa shape index (κ1) is 23.6. The molecule has 0 saturated heterocycles. The van der Waals surface area contributed by atoms with Crippen molar-refractivity contribution in [1.29, 1.82) is 5.26 Å². The van der Waals surface area contributed by atoms with E-state index in [9.17, 15) is 11.0 Å². The monoisotopic (exact) mass is 539 g/mol. The number of hydrogen-bond donors (Lipinski definition) is 2. The lowest BCUT2D eigenvalue weighted by Gasteiger charge is -2.20. The number of benzene rings is 2. The molecule has 1 atom stereocenters. The van der Waals surface area contributed by atoms with Crippen LogP contribution in [-0.4, -0.2) is 31.5 Å². The molecule has 1 aliphatic rings. The summed E-state index contributed by atoms with van der Waals surface area (Å²) in [6.45, 7) is 0.530. The number of pyridine rings is 2. The average Bonchev–Trinajstić information content (AvgIpc) is 3.69. The third-order valence-corrected chi connectivity index (χ3v) is 6.83. The maximum atomic E-state index is 13.8. The lowest BCUT2D eigenvalue weighted by molar-refractivity contribution is 0.610. The molecule has 0 amide bonds. The highest BCUT2D eigenvalue weighted by Gasteiger charge is 2.27. The minimum Gasteiger partial charge on any atom is -0.383 e. The minimum atomic E-state index is -1.61. The molecule has 194 valence electrons. The standard InChI is InChI=1S/C29H24ClFN8/c30-25-14-22(36-28(18-4-6-20(31)7-5-18)26-17-39(38-37-26)23-8-9-23)13-24-27(19(15-32)16-35-29(24)25)34-12-10-21-3-1-2-11-33-21/h1-7,11,13-14,16-17,23,28,36H,8-10,12H2,(H,34,35)/t28-/m1/s1/i28D. The summed E-state index contributed by atoms with van der Waals surface area (Å²) in [5, 5.41) is 26.0. The Morgan fingerprint density at radius 2 is 2.03 bits per heavy atom. The maximum Gasteiger partial charge on any atom is 0.123 e. The highest BCUT2D eigenvalue weighted by atomic mass is 35.5. The summed E-state index contributed by atoms with van der Waals surface area (Å²) < 4.78 is 25.1. The van der Waals surface area contributed by atoms with Crippen LogP contribution in [0.25, 0.3) is 10.9 Å². The normalized spacial score (nSPS) is 14.8. The van der Waals surface area contributed by atoms with Crippen molar-refractivity contribution in [2.24, 2.45) is 0 Å². The number of aromatic nitrogens is 5. The lowest BCUT2D eigenvalue weighted by Crippen LogP contribution is -2.13. The molecule has 39 heavy (non-hydrogen) atoms. The molecule has 3 aromatic heterocycles. The quantitative estimate of drug-likeness (QED) is 0.234. The molecule has 0 bridgehead atoms. The number of fused-ring (bicyclic) bond motifs is 1. The number of hydrogen-bond acceptors (Lipinski definition) is 7. The van der Waals surface area contributed by atoms with Crippen molar-refractivity contribution in [3.05, 3.63) is 107 Å². The van der Waals surface area contributed by atoms with Gasteiger partial charge in [0.1, 0.15) is 17.6 Å². The van der Waals surface area contributed by atoms with E-state index in [0.717, 1.165) is 18.5 Å². The van der Waals surface area contributed by atoms with Crippen molar-refractivity contribution in [3.8, 4) is 6.07 Å². The highest BCUT2D eigenvalue weighted by Crippen LogP contribution is 2.37. The van der Waals surface area contributed by atoms with Crippen LogP contribution < -0.4 is 10.6 Å². The van der Waals surface area contributed by atoms with Crippen LogP contribution in [0.1, 0.15) is 48.8 Å². The zero-order valence-corrected chi connectivity index (χ0v) is 21.5. The van der Waals surface area contributed by atoms with E-state index >= 15 is 0 Å². The van der Waals surface area contributed by atoms with Crippen LogP contribution >= 0.6 is 11.6 Å². The molecule has 1 aliphatic carbocycles. The number of halogens is 2. The van der Waals surface area contributed by atoms with Gasteiger partial charge in [-0.1, -0.05) is 35.0 Å². The molecular weight excluding hydrogens is 515 g/mol. The van der Waals surface area contributed by atoms with Gasteiger partial charge in [0.2, 0.25) is 0 Å². The van der Waals surface area contributed by atoms with Crippen LogP contribution in [0.4, 0.5) is 15.8 Å². The number of rotatable bonds is 9. The molecule has 3 heterocycles. The van der Waals surface area contributed by atoms with E-state index in [1.807, 2.05) is 18.2 Å². The topological polar surface area (TPSA) is 104 Å². The second-order valence-corrected chi connectivity index (χ2v) is 9.74. The minimum absolute atomic E-state index is 0.282. The van der Waals surface area contributed by atoms with Crippen LogP contribution in [0.3, 0.4) is 0 Å². The van der Waals surface area contributed by atoms with Crippen LogP contribution in [0, 0.1) is 17.1 Å². The van der Waals surface area contributed by atoms with E-state index in [4.69, 9.17) is 11.6 Å². The van der Waals surface area contributed by atoms with Gasteiger partial charge in [-0.05, 0) is 54.8 Å². The van der Waals surface area contributed by atoms with E-state index in [1.54, 1.807) is 41.3 Å². The third-order valence-electron chi connectivity index (χ3n) is 6.54. The zero-order valence-electron chi connectivity index (χ0n) is 21.8. The first-order valence-electron chi connectivity index (χ1n) is 13.1. The molecule has 10 heteroatoms. The molecule has 0 radical (unpaired) electrons. The van der Waals surface area contributed by atoms with E-state index in [-0.39, 0.29) is 6.04 Å². The summed E-state index contributed by atoms with van der Waals surface area (Å²) in [7, 11) is 0. The summed E-state index contributed by atoms with van der Waals surface area (Å²) in [5.74, 6) is -0.405. The second kappa shape index (κ2) is 10.7. The fraction of sp³-hybridized carbons (Fsp3) is 0.207. The number of nitrogens with zero attached hydrogens (tertiary/aromatic N) is 6. The van der Waals surface area contributed by atoms with Crippen molar-refractivity contribution in [3.63, 3.8) is 0 Å². The van der Waals surface area contributed by atoms with Gasteiger partial charge in [0, 0.05) is 42.1 Å². The first-order valence-corrected chi connectivity index (χ1v) is 12.9. The van der Waals surface area contributed by atoms with E-state index in [0.29, 0.717) is 57.1 Å². The number of anilines is 2. The van der Waals surface area contributed by atoms with Gasteiger partial charge in [-0.25, -0.2) is 9.07 Å². The second-order valence-electron chi connectivity index (χ2n) is 9.33. The van der Waals surface area contributed by atoms with Crippen molar-refractivity contribution in [2.45, 2.75) is 31.3 Å². The van der Waals surface area contributed by atoms with Gasteiger partial charge in [-0.15, -0.1) is 5.10 Å². The van der Waals surface area contributed by atoms with E-state index in [2.05, 4.69) is 37.0 Å². The zero-order chi connectivity index (χ0) is 27.7. The predicted molar refractivity (Wildman–Crippen MR) is 148 cm³/mol. The fourth-order valence-corrected chi connectivity index (χ4v) is 4.69. The molecule has 5 aromatic rings. The van der Waals surface area contributed by atoms with Gasteiger partial charge in [-0.3, -0.25) is 9.97 Å². The van der Waals surface area contributed by atoms with Gasteiger partial charge >= 0.3 is 0 Å². The predicted octanol–water partition coefficient (Wildman–Crippen LogP) is 6.08. The maximum absolute atomic E-state index is 13.8. The van der Waals surface area contributed by atoms with Crippen LogP contribution in [0.15, 0.2) is 73.2 Å². The van der Waals surface area contributed by atoms with Gasteiger partial charge in [0.15, 0.2) is 0 Å². The van der Waals surface area contributed by atoms with Crippen LogP contribution in [0.2, 0.25) is 5.02 Å². The number of nitrogens with one attached hydrogen (secondary N) is 2. The van der Waals surface area contributed by atoms with Gasteiger partial charge in [-0.2, -0.15) is 5.26 Å². The highest BCUT2D eigenvalue weighted by molar-refractivity contribution is 6.35. The summed E-state index contributed by atoms with van der Waals surface area (Å²) in [6.07, 6.45) is 7.67. The van der Waals surface area contributed by atoms with Crippen molar-refractivity contribution in [2.75, 3.05) is 17.2 Å². The number of nitriles is 1. The molecular formula is C29H24ClFN8. The smallest absolute Gasteiger partial charge is 0.123 e. The molecule has 0 unspecified atom stereocenters. The molecule has 8 nitrogen and oxygen atoms in total. The molecule has 0 aliphatic heterocycles. The largest absolute Gasteiger partial charge is 0.383 e. The van der Waals surface area contributed by atoms with Crippen LogP contribution in [-0.2, 0) is 6.42 Å². The Labute approximate surface area is 230 Å². The molecule has 2 N–H and O–H groups in total. The molecule has 6 rings (SSSR count). The molecule has 2 aromatic carbocycles. The summed E-state index contributed by atoms with van der Waals surface area (Å²) in [5.41, 5.74) is 3.73. The molecule has 0 spiro atoms. The lowest BCUT2D eigenvalue weighted by atomic mass is 10.0. The molecule has 1 fully saturated rings.